The zero-order valence-corrected chi connectivity index (χ0v) is 66.5. The molecule has 562 valence electrons. The summed E-state index contributed by atoms with van der Waals surface area (Å²) in [5.41, 5.74) is 13.3. The van der Waals surface area contributed by atoms with Crippen molar-refractivity contribution in [2.75, 3.05) is 37.2 Å². The number of carbonyl (C=O) groups excluding carboxylic acids is 2. The number of unbranched alkanes of at least 4 members (excludes halogenated alkanes) is 6. The van der Waals surface area contributed by atoms with E-state index < -0.39 is 0 Å². The Balaban J connectivity index is 0.000000239. The van der Waals surface area contributed by atoms with Crippen LogP contribution in [0.2, 0.25) is 0 Å². The molecule has 0 aliphatic heterocycles. The van der Waals surface area contributed by atoms with Crippen LogP contribution in [-0.4, -0.2) is 40.0 Å². The van der Waals surface area contributed by atoms with Crippen LogP contribution in [0.15, 0.2) is 216 Å². The maximum Gasteiger partial charge on any atom is 0.175 e. The fraction of sp³-hybridized carbons (Fsp3) is 0.171. The normalized spacial score (nSPS) is 10.6. The molecule has 26 heteroatoms. The van der Waals surface area contributed by atoms with Gasteiger partial charge in [0.2, 0.25) is 0 Å². The summed E-state index contributed by atoms with van der Waals surface area (Å²) < 4.78 is 98.3. The lowest BCUT2D eigenvalue weighted by Gasteiger charge is -2.26. The number of carbonyl (C=O) groups is 2. The highest BCUT2D eigenvalue weighted by Gasteiger charge is 2.20. The number of methoxy groups -OCH3 is 2. The lowest BCUT2D eigenvalue weighted by molar-refractivity contribution is 0.108. The number of thiophene rings is 8. The molecule has 0 bridgehead atoms. The number of anilines is 6. The largest absolute Gasteiger partial charge is 0.494 e. The molecule has 0 radical (unpaired) electrons. The molecular formula is C82H70BrF9N2O6S8. The van der Waals surface area contributed by atoms with Crippen molar-refractivity contribution in [3.8, 4) is 75.2 Å². The Hall–Kier alpha value is -8.83. The van der Waals surface area contributed by atoms with Crippen LogP contribution >= 0.6 is 107 Å². The first-order valence-corrected chi connectivity index (χ1v) is 41.0. The minimum Gasteiger partial charge on any atom is -0.494 e. The molecule has 0 atom stereocenters. The molecule has 8 aromatic heterocycles. The summed E-state index contributed by atoms with van der Waals surface area (Å²) in [6.07, 6.45) is 11.2. The van der Waals surface area contributed by atoms with E-state index in [2.05, 4.69) is 239 Å². The molecule has 0 saturated heterocycles. The van der Waals surface area contributed by atoms with Crippen molar-refractivity contribution in [1.29, 1.82) is 0 Å². The Morgan fingerprint density at radius 2 is 0.741 bits per heavy atom. The van der Waals surface area contributed by atoms with Gasteiger partial charge in [0.05, 0.1) is 41.9 Å². The summed E-state index contributed by atoms with van der Waals surface area (Å²) in [7, 11) is 3.45. The lowest BCUT2D eigenvalue weighted by Crippen LogP contribution is -2.09. The van der Waals surface area contributed by atoms with Gasteiger partial charge in [0.1, 0.15) is 17.2 Å². The first kappa shape index (κ1) is 83.2. The Kier molecular flexibility index (Phi) is 32.1. The van der Waals surface area contributed by atoms with E-state index in [0.29, 0.717) is 6.61 Å². The minimum atomic E-state index is 0. The summed E-state index contributed by atoms with van der Waals surface area (Å²) >= 11 is 17.1. The number of nitrogens with zero attached hydrogens (tertiary/aromatic N) is 2. The zero-order valence-electron chi connectivity index (χ0n) is 58.4. The summed E-state index contributed by atoms with van der Waals surface area (Å²) in [6, 6.07) is 73.7. The van der Waals surface area contributed by atoms with Gasteiger partial charge in [0, 0.05) is 151 Å². The number of halogens is 10. The van der Waals surface area contributed by atoms with E-state index >= 15 is 0 Å². The van der Waals surface area contributed by atoms with E-state index in [1.165, 1.54) is 93.5 Å². The molecule has 0 aliphatic rings. The Labute approximate surface area is 658 Å². The number of ether oxygens (including phenoxy) is 4. The fourth-order valence-electron chi connectivity index (χ4n) is 12.0. The van der Waals surface area contributed by atoms with Crippen LogP contribution in [0.4, 0.5) is 75.4 Å². The molecule has 7 aromatic carbocycles. The van der Waals surface area contributed by atoms with Crippen LogP contribution in [-0.2, 0) is 0 Å². The van der Waals surface area contributed by atoms with E-state index in [0.717, 1.165) is 138 Å². The number of aldehydes is 2. The monoisotopic (exact) mass is 1680 g/mol. The van der Waals surface area contributed by atoms with Crippen LogP contribution in [0, 0.1) is 0 Å². The first-order chi connectivity index (χ1) is 52.6. The van der Waals surface area contributed by atoms with Gasteiger partial charge < -0.3 is 28.7 Å². The maximum atomic E-state index is 11.3. The van der Waals surface area contributed by atoms with Gasteiger partial charge in [-0.05, 0) is 174 Å². The average Bonchev–Trinajstić information content (AvgIpc) is 1.37. The van der Waals surface area contributed by atoms with E-state index in [1.807, 2.05) is 12.1 Å². The first-order valence-electron chi connectivity index (χ1n) is 33.6. The van der Waals surface area contributed by atoms with Crippen molar-refractivity contribution < 1.29 is 69.8 Å². The topological polar surface area (TPSA) is 77.5 Å². The van der Waals surface area contributed by atoms with E-state index in [9.17, 15) is 9.59 Å². The number of hydrogen-bond donors (Lipinski definition) is 0. The number of fused-ring (bicyclic) bond motifs is 4. The Morgan fingerprint density at radius 1 is 0.370 bits per heavy atom. The van der Waals surface area contributed by atoms with Gasteiger partial charge in [0.25, 0.3) is 0 Å². The lowest BCUT2D eigenvalue weighted by atomic mass is 10.0. The highest BCUT2D eigenvalue weighted by molar-refractivity contribution is 9.10. The summed E-state index contributed by atoms with van der Waals surface area (Å²) in [5, 5.41) is 3.01. The van der Waals surface area contributed by atoms with Gasteiger partial charge in [-0.15, -0.1) is 79.4 Å². The van der Waals surface area contributed by atoms with Crippen LogP contribution in [0.1, 0.15) is 84.6 Å². The van der Waals surface area contributed by atoms with Gasteiger partial charge in [-0.3, -0.25) is 14.3 Å². The van der Waals surface area contributed by atoms with Crippen molar-refractivity contribution in [2.24, 2.45) is 0 Å². The van der Waals surface area contributed by atoms with Crippen molar-refractivity contribution in [1.82, 2.24) is 0 Å². The van der Waals surface area contributed by atoms with Crippen molar-refractivity contribution in [3.05, 3.63) is 226 Å². The van der Waals surface area contributed by atoms with Gasteiger partial charge in [-0.2, -0.15) is 0 Å². The highest BCUT2D eigenvalue weighted by atomic mass is 79.9. The van der Waals surface area contributed by atoms with E-state index in [4.69, 9.17) is 55.5 Å². The van der Waals surface area contributed by atoms with Crippen molar-refractivity contribution in [2.45, 2.75) is 65.2 Å². The number of rotatable bonds is 27. The predicted molar refractivity (Wildman–Crippen MR) is 445 cm³/mol. The second kappa shape index (κ2) is 41.7. The Bertz CT molecular complexity index is 5160. The molecule has 0 spiro atoms. The van der Waals surface area contributed by atoms with Crippen molar-refractivity contribution in [3.63, 3.8) is 0 Å². The third-order valence-electron chi connectivity index (χ3n) is 17.1. The molecular weight excluding hydrogens is 1620 g/mol. The van der Waals surface area contributed by atoms with Crippen LogP contribution < -0.4 is 28.7 Å². The maximum absolute atomic E-state index is 11.3. The molecule has 0 N–H and O–H groups in total. The van der Waals surface area contributed by atoms with Crippen molar-refractivity contribution >= 4 is 191 Å². The fourth-order valence-corrected chi connectivity index (χ4v) is 21.2. The molecule has 108 heavy (non-hydrogen) atoms. The highest BCUT2D eigenvalue weighted by Crippen LogP contribution is 2.48. The predicted octanol–water partition coefficient (Wildman–Crippen LogP) is 31.6. The van der Waals surface area contributed by atoms with Gasteiger partial charge in [-0.25, -0.2) is 0 Å². The molecule has 0 saturated carbocycles. The number of hydrogen-bond acceptors (Lipinski definition) is 16. The van der Waals surface area contributed by atoms with E-state index in [-0.39, 0.29) is 4.70 Å². The van der Waals surface area contributed by atoms with Crippen LogP contribution in [0.25, 0.3) is 90.5 Å². The smallest absolute Gasteiger partial charge is 0.175 e. The molecule has 15 rings (SSSR count). The molecule has 0 unspecified atom stereocenters. The molecule has 0 fully saturated rings. The average molecular weight is 1690 g/mol. The molecule has 8 nitrogen and oxygen atoms in total. The summed E-state index contributed by atoms with van der Waals surface area (Å²) in [4.78, 5) is 33.5. The molecule has 0 aliphatic carbocycles. The molecule has 0 amide bonds. The standard InChI is InChI=1S/C50H49NO4S4.C32H20BrNO2S4.4F2.FH/c1-4-6-8-10-26-54-40-24-25-42(43(28-40)55-27-11-9-7-5-2)34-12-18-37(19-13-34)51(38-20-14-35(15-21-38)44-30-47-46(57-44)29-41(33-52)56-47)39-22-16-36(17-23-39)45-31-48-49(58-45)32-50(53-3)59-48;1-36-26-18-37-31-16-28(40-32(26)31)20-4-10-23(11-5-20)34(24-12-6-21(33)7-13-24)22-8-2-19(3-9-22)27-15-30-29(39-27)14-25(17-35)38-30;4*1-2;/h12-25,28-33H,4-11,26-27H2,1-3H3;2-18H,1H3;;;;;1H. The molecule has 15 aromatic rings. The zero-order chi connectivity index (χ0) is 75.8. The van der Waals surface area contributed by atoms with E-state index in [1.54, 1.807) is 105 Å². The molecule has 8 heterocycles. The van der Waals surface area contributed by atoms with Crippen LogP contribution in [0.5, 0.6) is 22.3 Å². The third kappa shape index (κ3) is 20.2. The quantitative estimate of drug-likeness (QED) is 0.0286. The summed E-state index contributed by atoms with van der Waals surface area (Å²) in [5.74, 6) is 2.68. The SMILES string of the molecule is CCCCCCOc1ccc(-c2ccc(N(c3ccc(-c4cc5sc(C=O)cc5s4)cc3)c3ccc(-c4cc5sc(OC)cc5s4)cc3)cc2)c(OCCCCCC)c1.COc1csc2cc(-c3ccc(N(c4ccc(Br)cc4)c4ccc(-c5cc6sc(C=O)cc6s5)cc4)cc3)sc12.F.FF.FF.FF.FF. The summed E-state index contributed by atoms with van der Waals surface area (Å²) in [6.45, 7) is 5.87. The minimum absolute atomic E-state index is 0. The van der Waals surface area contributed by atoms with Gasteiger partial charge in [-0.1, -0.05) is 140 Å². The second-order valence-electron chi connectivity index (χ2n) is 23.8. The second-order valence-corrected chi connectivity index (χ2v) is 33.2. The van der Waals surface area contributed by atoms with Gasteiger partial charge >= 0.3 is 0 Å². The Morgan fingerprint density at radius 3 is 1.13 bits per heavy atom. The van der Waals surface area contributed by atoms with Gasteiger partial charge in [0.15, 0.2) is 17.6 Å². The number of benzene rings is 7. The van der Waals surface area contributed by atoms with Crippen LogP contribution in [0.3, 0.4) is 0 Å². The third-order valence-corrected chi connectivity index (χ3v) is 26.7.